The fourth-order valence-corrected chi connectivity index (χ4v) is 2.10. The Kier molecular flexibility index (Phi) is 7.57. The number of nitrogens with one attached hydrogen (secondary N) is 1. The molecule has 1 aromatic rings. The van der Waals surface area contributed by atoms with Gasteiger partial charge in [0.05, 0.1) is 0 Å². The number of nitrogens with zero attached hydrogens (tertiary/aromatic N) is 1. The maximum Gasteiger partial charge on any atom is 0.148 e. The summed E-state index contributed by atoms with van der Waals surface area (Å²) in [4.78, 5) is 2.18. The smallest absolute Gasteiger partial charge is 0.148 e. The van der Waals surface area contributed by atoms with Gasteiger partial charge in [-0.05, 0) is 51.8 Å². The molecule has 0 radical (unpaired) electrons. The normalized spacial score (nSPS) is 10.5. The minimum atomic E-state index is 0.301. The molecule has 0 fully saturated rings. The van der Waals surface area contributed by atoms with Crippen LogP contribution >= 0.6 is 15.9 Å². The fraction of sp³-hybridized carbons (Fsp3) is 0.467. The maximum absolute atomic E-state index is 5.53. The molecule has 0 amide bonds. The highest BCUT2D eigenvalue weighted by Crippen LogP contribution is 2.23. The average Bonchev–Trinajstić information content (AvgIpc) is 2.37. The number of ether oxygens (including phenoxy) is 1. The van der Waals surface area contributed by atoms with E-state index in [0.717, 1.165) is 41.8 Å². The van der Waals surface area contributed by atoms with Crippen LogP contribution < -0.4 is 10.1 Å². The van der Waals surface area contributed by atoms with E-state index < -0.39 is 0 Å². The monoisotopic (exact) mass is 324 g/mol. The summed E-state index contributed by atoms with van der Waals surface area (Å²) in [5.74, 6) is 3.34. The second-order valence-corrected chi connectivity index (χ2v) is 5.49. The molecule has 0 aromatic heterocycles. The van der Waals surface area contributed by atoms with Crippen LogP contribution in [0.25, 0.3) is 0 Å². The predicted octanol–water partition coefficient (Wildman–Crippen LogP) is 2.50. The molecular formula is C15H21BrN2O. The first-order valence-corrected chi connectivity index (χ1v) is 7.13. The van der Waals surface area contributed by atoms with Crippen molar-refractivity contribution in [1.29, 1.82) is 0 Å². The topological polar surface area (TPSA) is 24.5 Å². The SMILES string of the molecule is C#CCOc1ccc(Br)cc1CNCCCN(C)C. The van der Waals surface area contributed by atoms with E-state index in [2.05, 4.69) is 52.2 Å². The van der Waals surface area contributed by atoms with Gasteiger partial charge in [0.1, 0.15) is 12.4 Å². The number of benzene rings is 1. The van der Waals surface area contributed by atoms with Crippen LogP contribution in [0, 0.1) is 12.3 Å². The summed E-state index contributed by atoms with van der Waals surface area (Å²) in [6.07, 6.45) is 6.35. The van der Waals surface area contributed by atoms with E-state index >= 15 is 0 Å². The molecule has 0 bridgehead atoms. The molecule has 1 rings (SSSR count). The fourth-order valence-electron chi connectivity index (χ4n) is 1.69. The second-order valence-electron chi connectivity index (χ2n) is 4.58. The molecule has 0 aliphatic heterocycles. The Morgan fingerprint density at radius 2 is 2.21 bits per heavy atom. The lowest BCUT2D eigenvalue weighted by atomic mass is 10.2. The van der Waals surface area contributed by atoms with Crippen molar-refractivity contribution in [2.45, 2.75) is 13.0 Å². The third-order valence-electron chi connectivity index (χ3n) is 2.61. The Bertz CT molecular complexity index is 427. The third kappa shape index (κ3) is 6.63. The van der Waals surface area contributed by atoms with Crippen LogP contribution in [-0.2, 0) is 6.54 Å². The summed E-state index contributed by atoms with van der Waals surface area (Å²) in [6, 6.07) is 5.96. The van der Waals surface area contributed by atoms with Crippen LogP contribution in [-0.4, -0.2) is 38.7 Å². The molecule has 0 spiro atoms. The van der Waals surface area contributed by atoms with E-state index in [9.17, 15) is 0 Å². The summed E-state index contributed by atoms with van der Waals surface area (Å²) in [5.41, 5.74) is 1.12. The molecular weight excluding hydrogens is 304 g/mol. The molecule has 0 atom stereocenters. The number of terminal acetylenes is 1. The zero-order valence-electron chi connectivity index (χ0n) is 11.6. The Hall–Kier alpha value is -1.02. The molecule has 19 heavy (non-hydrogen) atoms. The van der Waals surface area contributed by atoms with Crippen LogP contribution in [0.5, 0.6) is 5.75 Å². The van der Waals surface area contributed by atoms with Crippen molar-refractivity contribution in [3.8, 4) is 18.1 Å². The van der Waals surface area contributed by atoms with Crippen molar-refractivity contribution >= 4 is 15.9 Å². The lowest BCUT2D eigenvalue weighted by Crippen LogP contribution is -2.21. The lowest BCUT2D eigenvalue weighted by molar-refractivity contribution is 0.363. The molecule has 0 aliphatic rings. The first-order valence-electron chi connectivity index (χ1n) is 6.33. The van der Waals surface area contributed by atoms with Gasteiger partial charge in [0.25, 0.3) is 0 Å². The van der Waals surface area contributed by atoms with E-state index in [1.165, 1.54) is 0 Å². The summed E-state index contributed by atoms with van der Waals surface area (Å²) < 4.78 is 6.58. The lowest BCUT2D eigenvalue weighted by Gasteiger charge is -2.12. The molecule has 1 N–H and O–H groups in total. The Morgan fingerprint density at radius 3 is 2.89 bits per heavy atom. The van der Waals surface area contributed by atoms with Crippen LogP contribution in [0.1, 0.15) is 12.0 Å². The van der Waals surface area contributed by atoms with Gasteiger partial charge < -0.3 is 15.0 Å². The molecule has 0 aliphatic carbocycles. The second kappa shape index (κ2) is 8.98. The molecule has 0 heterocycles. The van der Waals surface area contributed by atoms with E-state index in [0.29, 0.717) is 6.61 Å². The molecule has 1 aromatic carbocycles. The summed E-state index contributed by atoms with van der Waals surface area (Å²) in [6.45, 7) is 3.16. The average molecular weight is 325 g/mol. The number of rotatable bonds is 8. The van der Waals surface area contributed by atoms with Crippen molar-refractivity contribution < 1.29 is 4.74 Å². The molecule has 0 saturated carbocycles. The van der Waals surface area contributed by atoms with Crippen LogP contribution in [0.2, 0.25) is 0 Å². The largest absolute Gasteiger partial charge is 0.481 e. The van der Waals surface area contributed by atoms with E-state index in [1.807, 2.05) is 12.1 Å². The molecule has 104 valence electrons. The van der Waals surface area contributed by atoms with Crippen LogP contribution in [0.3, 0.4) is 0 Å². The highest BCUT2D eigenvalue weighted by atomic mass is 79.9. The minimum absolute atomic E-state index is 0.301. The Balaban J connectivity index is 2.46. The highest BCUT2D eigenvalue weighted by Gasteiger charge is 2.04. The van der Waals surface area contributed by atoms with E-state index in [4.69, 9.17) is 11.2 Å². The van der Waals surface area contributed by atoms with Gasteiger partial charge in [0, 0.05) is 16.6 Å². The molecule has 0 saturated heterocycles. The number of hydrogen-bond donors (Lipinski definition) is 1. The first-order chi connectivity index (χ1) is 9.13. The third-order valence-corrected chi connectivity index (χ3v) is 3.10. The van der Waals surface area contributed by atoms with Crippen molar-refractivity contribution in [2.24, 2.45) is 0 Å². The van der Waals surface area contributed by atoms with Gasteiger partial charge in [-0.1, -0.05) is 21.9 Å². The van der Waals surface area contributed by atoms with E-state index in [-0.39, 0.29) is 0 Å². The zero-order valence-corrected chi connectivity index (χ0v) is 13.2. The van der Waals surface area contributed by atoms with Gasteiger partial charge in [0.2, 0.25) is 0 Å². The summed E-state index contributed by atoms with van der Waals surface area (Å²) in [7, 11) is 4.17. The maximum atomic E-state index is 5.53. The highest BCUT2D eigenvalue weighted by molar-refractivity contribution is 9.10. The van der Waals surface area contributed by atoms with Crippen LogP contribution in [0.15, 0.2) is 22.7 Å². The van der Waals surface area contributed by atoms with Gasteiger partial charge in [-0.15, -0.1) is 6.42 Å². The van der Waals surface area contributed by atoms with Gasteiger partial charge in [-0.2, -0.15) is 0 Å². The number of halogens is 1. The van der Waals surface area contributed by atoms with Gasteiger partial charge in [-0.3, -0.25) is 0 Å². The van der Waals surface area contributed by atoms with E-state index in [1.54, 1.807) is 0 Å². The Morgan fingerprint density at radius 1 is 1.42 bits per heavy atom. The number of hydrogen-bond acceptors (Lipinski definition) is 3. The van der Waals surface area contributed by atoms with Crippen molar-refractivity contribution in [3.05, 3.63) is 28.2 Å². The zero-order chi connectivity index (χ0) is 14.1. The molecule has 4 heteroatoms. The van der Waals surface area contributed by atoms with Gasteiger partial charge in [0.15, 0.2) is 0 Å². The summed E-state index contributed by atoms with van der Waals surface area (Å²) >= 11 is 3.48. The van der Waals surface area contributed by atoms with Crippen LogP contribution in [0.4, 0.5) is 0 Å². The molecule has 3 nitrogen and oxygen atoms in total. The minimum Gasteiger partial charge on any atom is -0.481 e. The summed E-state index contributed by atoms with van der Waals surface area (Å²) in [5, 5.41) is 3.42. The van der Waals surface area contributed by atoms with Gasteiger partial charge in [-0.25, -0.2) is 0 Å². The van der Waals surface area contributed by atoms with Gasteiger partial charge >= 0.3 is 0 Å². The van der Waals surface area contributed by atoms with Crippen molar-refractivity contribution in [2.75, 3.05) is 33.8 Å². The van der Waals surface area contributed by atoms with Crippen molar-refractivity contribution in [1.82, 2.24) is 10.2 Å². The quantitative estimate of drug-likeness (QED) is 0.587. The standard InChI is InChI=1S/C15H21BrN2O/c1-4-10-19-15-7-6-14(16)11-13(15)12-17-8-5-9-18(2)3/h1,6-7,11,17H,5,8-10,12H2,2-3H3. The predicted molar refractivity (Wildman–Crippen MR) is 83.3 cm³/mol. The van der Waals surface area contributed by atoms with Crippen molar-refractivity contribution in [3.63, 3.8) is 0 Å². The first kappa shape index (κ1) is 16.0. The Labute approximate surface area is 124 Å². The molecule has 0 unspecified atom stereocenters.